The summed E-state index contributed by atoms with van der Waals surface area (Å²) >= 11 is 6.17. The summed E-state index contributed by atoms with van der Waals surface area (Å²) in [6.07, 6.45) is 1.68. The van der Waals surface area contributed by atoms with Gasteiger partial charge in [-0.1, -0.05) is 11.6 Å². The third-order valence-electron chi connectivity index (χ3n) is 2.30. The number of methoxy groups -OCH3 is 1. The summed E-state index contributed by atoms with van der Waals surface area (Å²) in [4.78, 5) is 4.24. The average molecular weight is 238 g/mol. The van der Waals surface area contributed by atoms with Crippen molar-refractivity contribution in [2.75, 3.05) is 13.7 Å². The van der Waals surface area contributed by atoms with E-state index in [1.165, 1.54) is 0 Å². The van der Waals surface area contributed by atoms with Crippen molar-refractivity contribution in [3.8, 4) is 11.5 Å². The number of aromatic nitrogens is 1. The van der Waals surface area contributed by atoms with Crippen molar-refractivity contribution in [3.05, 3.63) is 29.4 Å². The third kappa shape index (κ3) is 1.78. The van der Waals surface area contributed by atoms with Gasteiger partial charge in [0.05, 0.1) is 19.2 Å². The zero-order valence-corrected chi connectivity index (χ0v) is 9.91. The van der Waals surface area contributed by atoms with Crippen molar-refractivity contribution < 1.29 is 9.47 Å². The van der Waals surface area contributed by atoms with Crippen LogP contribution in [0, 0.1) is 0 Å². The van der Waals surface area contributed by atoms with E-state index in [2.05, 4.69) is 4.98 Å². The van der Waals surface area contributed by atoms with Gasteiger partial charge in [-0.25, -0.2) is 0 Å². The van der Waals surface area contributed by atoms with Gasteiger partial charge in [0.25, 0.3) is 0 Å². The van der Waals surface area contributed by atoms with Crippen LogP contribution in [0.25, 0.3) is 10.9 Å². The molecule has 2 rings (SSSR count). The Morgan fingerprint density at radius 2 is 2.06 bits per heavy atom. The van der Waals surface area contributed by atoms with Crippen molar-refractivity contribution in [2.24, 2.45) is 0 Å². The lowest BCUT2D eigenvalue weighted by molar-refractivity contribution is 0.344. The van der Waals surface area contributed by atoms with Crippen LogP contribution < -0.4 is 9.47 Å². The molecule has 16 heavy (non-hydrogen) atoms. The largest absolute Gasteiger partial charge is 0.495 e. The zero-order valence-electron chi connectivity index (χ0n) is 9.16. The minimum Gasteiger partial charge on any atom is -0.495 e. The Kier molecular flexibility index (Phi) is 3.15. The molecule has 0 aliphatic heterocycles. The van der Waals surface area contributed by atoms with Crippen molar-refractivity contribution in [3.63, 3.8) is 0 Å². The van der Waals surface area contributed by atoms with Crippen molar-refractivity contribution in [1.82, 2.24) is 4.98 Å². The first-order chi connectivity index (χ1) is 7.77. The lowest BCUT2D eigenvalue weighted by Gasteiger charge is -2.09. The highest BCUT2D eigenvalue weighted by molar-refractivity contribution is 6.36. The molecule has 0 fully saturated rings. The van der Waals surface area contributed by atoms with Crippen LogP contribution in [0.4, 0.5) is 0 Å². The molecule has 0 N–H and O–H groups in total. The lowest BCUT2D eigenvalue weighted by Crippen LogP contribution is -1.94. The van der Waals surface area contributed by atoms with Crippen LogP contribution in [0.5, 0.6) is 11.5 Å². The number of hydrogen-bond donors (Lipinski definition) is 0. The van der Waals surface area contributed by atoms with Gasteiger partial charge in [-0.05, 0) is 25.1 Å². The minimum atomic E-state index is 0.515. The first-order valence-electron chi connectivity index (χ1n) is 5.02. The van der Waals surface area contributed by atoms with Gasteiger partial charge in [0.15, 0.2) is 0 Å². The first kappa shape index (κ1) is 11.0. The molecule has 84 valence electrons. The van der Waals surface area contributed by atoms with E-state index in [0.717, 1.165) is 11.1 Å². The van der Waals surface area contributed by atoms with E-state index in [9.17, 15) is 0 Å². The number of halogens is 1. The zero-order chi connectivity index (χ0) is 11.5. The molecule has 0 aliphatic rings. The number of hydrogen-bond acceptors (Lipinski definition) is 3. The molecule has 1 heterocycles. The fourth-order valence-corrected chi connectivity index (χ4v) is 1.87. The number of rotatable bonds is 3. The maximum absolute atomic E-state index is 6.17. The molecular formula is C12H12ClNO2. The van der Waals surface area contributed by atoms with Crippen LogP contribution in [0.15, 0.2) is 24.4 Å². The maximum atomic E-state index is 6.17. The van der Waals surface area contributed by atoms with Gasteiger partial charge in [-0.2, -0.15) is 0 Å². The topological polar surface area (TPSA) is 31.4 Å². The smallest absolute Gasteiger partial charge is 0.139 e. The quantitative estimate of drug-likeness (QED) is 0.821. The van der Waals surface area contributed by atoms with E-state index < -0.39 is 0 Å². The van der Waals surface area contributed by atoms with Crippen molar-refractivity contribution in [1.29, 1.82) is 0 Å². The molecule has 0 saturated heterocycles. The average Bonchev–Trinajstić information content (AvgIpc) is 2.31. The normalized spacial score (nSPS) is 10.4. The summed E-state index contributed by atoms with van der Waals surface area (Å²) in [7, 11) is 1.58. The molecule has 0 spiro atoms. The Bertz CT molecular complexity index is 514. The van der Waals surface area contributed by atoms with Gasteiger partial charge < -0.3 is 9.47 Å². The van der Waals surface area contributed by atoms with E-state index in [1.807, 2.05) is 25.1 Å². The highest BCUT2D eigenvalue weighted by atomic mass is 35.5. The van der Waals surface area contributed by atoms with Crippen LogP contribution in [0.1, 0.15) is 6.92 Å². The molecule has 1 aromatic carbocycles. The minimum absolute atomic E-state index is 0.515. The SMILES string of the molecule is CCOc1ccnc2c(Cl)c(OC)ccc12. The van der Waals surface area contributed by atoms with Gasteiger partial charge >= 0.3 is 0 Å². The first-order valence-corrected chi connectivity index (χ1v) is 5.39. The van der Waals surface area contributed by atoms with Gasteiger partial charge in [-0.3, -0.25) is 4.98 Å². The van der Waals surface area contributed by atoms with Crippen LogP contribution in [-0.2, 0) is 0 Å². The summed E-state index contributed by atoms with van der Waals surface area (Å²) in [5, 5.41) is 1.41. The number of ether oxygens (including phenoxy) is 2. The second-order valence-electron chi connectivity index (χ2n) is 3.22. The molecule has 0 aliphatic carbocycles. The molecular weight excluding hydrogens is 226 g/mol. The molecule has 0 saturated carbocycles. The van der Waals surface area contributed by atoms with E-state index >= 15 is 0 Å². The van der Waals surface area contributed by atoms with Crippen molar-refractivity contribution >= 4 is 22.5 Å². The lowest BCUT2D eigenvalue weighted by atomic mass is 10.2. The number of nitrogens with zero attached hydrogens (tertiary/aromatic N) is 1. The predicted octanol–water partition coefficient (Wildman–Crippen LogP) is 3.30. The standard InChI is InChI=1S/C12H12ClNO2/c1-3-16-9-6-7-14-12-8(9)4-5-10(15-2)11(12)13/h4-7H,3H2,1-2H3. The Balaban J connectivity index is 2.67. The molecule has 1 aromatic heterocycles. The molecule has 0 amide bonds. The summed E-state index contributed by atoms with van der Waals surface area (Å²) in [5.74, 6) is 1.41. The van der Waals surface area contributed by atoms with Crippen LogP contribution in [0.2, 0.25) is 5.02 Å². The second kappa shape index (κ2) is 4.58. The van der Waals surface area contributed by atoms with Crippen LogP contribution >= 0.6 is 11.6 Å². The molecule has 0 atom stereocenters. The Hall–Kier alpha value is -1.48. The highest BCUT2D eigenvalue weighted by Gasteiger charge is 2.10. The van der Waals surface area contributed by atoms with Gasteiger partial charge in [0.2, 0.25) is 0 Å². The maximum Gasteiger partial charge on any atom is 0.139 e. The summed E-state index contributed by atoms with van der Waals surface area (Å²) in [5.41, 5.74) is 0.701. The summed E-state index contributed by atoms with van der Waals surface area (Å²) in [6.45, 7) is 2.56. The van der Waals surface area contributed by atoms with Crippen molar-refractivity contribution in [2.45, 2.75) is 6.92 Å². The molecule has 0 bridgehead atoms. The van der Waals surface area contributed by atoms with Crippen LogP contribution in [-0.4, -0.2) is 18.7 Å². The molecule has 4 heteroatoms. The highest BCUT2D eigenvalue weighted by Crippen LogP contribution is 2.35. The fraction of sp³-hybridized carbons (Fsp3) is 0.250. The van der Waals surface area contributed by atoms with Gasteiger partial charge in [0.1, 0.15) is 16.5 Å². The number of benzene rings is 1. The Morgan fingerprint density at radius 3 is 2.75 bits per heavy atom. The number of fused-ring (bicyclic) bond motifs is 1. The van der Waals surface area contributed by atoms with Gasteiger partial charge in [0, 0.05) is 11.6 Å². The van der Waals surface area contributed by atoms with E-state index in [0.29, 0.717) is 22.9 Å². The molecule has 0 radical (unpaired) electrons. The number of pyridine rings is 1. The Morgan fingerprint density at radius 1 is 1.25 bits per heavy atom. The Labute approximate surface area is 99.0 Å². The van der Waals surface area contributed by atoms with Crippen LogP contribution in [0.3, 0.4) is 0 Å². The van der Waals surface area contributed by atoms with E-state index in [1.54, 1.807) is 13.3 Å². The predicted molar refractivity (Wildman–Crippen MR) is 64.5 cm³/mol. The second-order valence-corrected chi connectivity index (χ2v) is 3.60. The summed E-state index contributed by atoms with van der Waals surface area (Å²) in [6, 6.07) is 5.54. The molecule has 3 nitrogen and oxygen atoms in total. The molecule has 2 aromatic rings. The molecule has 0 unspecified atom stereocenters. The third-order valence-corrected chi connectivity index (χ3v) is 2.66. The van der Waals surface area contributed by atoms with E-state index in [-0.39, 0.29) is 0 Å². The van der Waals surface area contributed by atoms with Gasteiger partial charge in [-0.15, -0.1) is 0 Å². The monoisotopic (exact) mass is 237 g/mol. The fourth-order valence-electron chi connectivity index (χ4n) is 1.58. The summed E-state index contributed by atoms with van der Waals surface area (Å²) < 4.78 is 10.6. The van der Waals surface area contributed by atoms with E-state index in [4.69, 9.17) is 21.1 Å².